The Balaban J connectivity index is 1.62. The number of hydrogen-bond donors (Lipinski definition) is 2. The molecule has 1 aliphatic heterocycles. The van der Waals surface area contributed by atoms with Gasteiger partial charge in [0.15, 0.2) is 11.5 Å². The molecule has 2 aromatic carbocycles. The lowest BCUT2D eigenvalue weighted by atomic mass is 9.95. The number of aryl methyl sites for hydroxylation is 1. The number of ketones is 1. The number of benzene rings is 2. The van der Waals surface area contributed by atoms with Gasteiger partial charge in [-0.25, -0.2) is 4.98 Å². The first kappa shape index (κ1) is 21.1. The van der Waals surface area contributed by atoms with Crippen LogP contribution in [-0.2, 0) is 16.1 Å². The molecule has 0 spiro atoms. The van der Waals surface area contributed by atoms with Crippen molar-refractivity contribution in [3.05, 3.63) is 102 Å². The van der Waals surface area contributed by atoms with E-state index in [2.05, 4.69) is 4.98 Å². The standard InChI is InChI=1S/C25H23N3O4/c29-20-9-4-8-19(16-20)23-22(21(30)11-10-18-6-2-1-3-7-18)24(31)25(32)28(23)14-5-13-27-15-12-26-17-27/h1-4,6-12,15-17,23,29,31H,5,13-14H2. The maximum absolute atomic E-state index is 13.1. The molecule has 2 heterocycles. The van der Waals surface area contributed by atoms with Gasteiger partial charge >= 0.3 is 0 Å². The maximum Gasteiger partial charge on any atom is 0.290 e. The number of allylic oxidation sites excluding steroid dienone is 1. The van der Waals surface area contributed by atoms with Crippen molar-refractivity contribution < 1.29 is 19.8 Å². The topological polar surface area (TPSA) is 95.7 Å². The van der Waals surface area contributed by atoms with Crippen LogP contribution in [0.5, 0.6) is 5.75 Å². The summed E-state index contributed by atoms with van der Waals surface area (Å²) in [4.78, 5) is 31.5. The number of carbonyl (C=O) groups excluding carboxylic acids is 2. The number of aliphatic hydroxyl groups excluding tert-OH is 1. The summed E-state index contributed by atoms with van der Waals surface area (Å²) in [5, 5.41) is 20.6. The minimum atomic E-state index is -0.787. The van der Waals surface area contributed by atoms with Crippen molar-refractivity contribution in [1.82, 2.24) is 14.5 Å². The van der Waals surface area contributed by atoms with Gasteiger partial charge in [-0.2, -0.15) is 0 Å². The van der Waals surface area contributed by atoms with E-state index in [1.54, 1.807) is 30.7 Å². The Labute approximate surface area is 185 Å². The van der Waals surface area contributed by atoms with Crippen molar-refractivity contribution in [3.8, 4) is 5.75 Å². The zero-order valence-electron chi connectivity index (χ0n) is 17.3. The molecule has 1 unspecified atom stereocenters. The van der Waals surface area contributed by atoms with Gasteiger partial charge in [-0.05, 0) is 35.8 Å². The Morgan fingerprint density at radius 2 is 1.88 bits per heavy atom. The summed E-state index contributed by atoms with van der Waals surface area (Å²) in [6, 6.07) is 14.9. The van der Waals surface area contributed by atoms with E-state index in [0.29, 0.717) is 25.1 Å². The van der Waals surface area contributed by atoms with Crippen LogP contribution < -0.4 is 0 Å². The highest BCUT2D eigenvalue weighted by atomic mass is 16.3. The Morgan fingerprint density at radius 3 is 2.59 bits per heavy atom. The second kappa shape index (κ2) is 9.34. The van der Waals surface area contributed by atoms with Gasteiger partial charge in [0.05, 0.1) is 17.9 Å². The summed E-state index contributed by atoms with van der Waals surface area (Å²) < 4.78 is 1.89. The Morgan fingerprint density at radius 1 is 1.06 bits per heavy atom. The van der Waals surface area contributed by atoms with Crippen LogP contribution in [0.1, 0.15) is 23.6 Å². The molecule has 0 bridgehead atoms. The lowest BCUT2D eigenvalue weighted by molar-refractivity contribution is -0.129. The molecule has 0 saturated carbocycles. The summed E-state index contributed by atoms with van der Waals surface area (Å²) >= 11 is 0. The quantitative estimate of drug-likeness (QED) is 0.533. The van der Waals surface area contributed by atoms with Gasteiger partial charge < -0.3 is 19.7 Å². The lowest BCUT2D eigenvalue weighted by Crippen LogP contribution is -2.32. The van der Waals surface area contributed by atoms with Crippen molar-refractivity contribution >= 4 is 17.8 Å². The van der Waals surface area contributed by atoms with Gasteiger partial charge in [-0.1, -0.05) is 48.5 Å². The molecule has 1 atom stereocenters. The third-order valence-electron chi connectivity index (χ3n) is 5.36. The number of aromatic nitrogens is 2. The normalized spacial score (nSPS) is 16.3. The number of nitrogens with zero attached hydrogens (tertiary/aromatic N) is 3. The molecule has 162 valence electrons. The Bertz CT molecular complexity index is 1170. The molecule has 7 heteroatoms. The second-order valence-corrected chi connectivity index (χ2v) is 7.52. The Hall–Kier alpha value is -4.13. The highest BCUT2D eigenvalue weighted by Gasteiger charge is 2.42. The van der Waals surface area contributed by atoms with Crippen LogP contribution in [0.2, 0.25) is 0 Å². The van der Waals surface area contributed by atoms with E-state index in [1.165, 1.54) is 23.1 Å². The molecule has 1 aliphatic rings. The van der Waals surface area contributed by atoms with E-state index in [1.807, 2.05) is 41.1 Å². The van der Waals surface area contributed by atoms with Crippen LogP contribution >= 0.6 is 0 Å². The van der Waals surface area contributed by atoms with Crippen LogP contribution in [0.4, 0.5) is 0 Å². The molecule has 0 radical (unpaired) electrons. The number of rotatable bonds is 8. The smallest absolute Gasteiger partial charge is 0.290 e. The molecule has 1 amide bonds. The number of amides is 1. The highest BCUT2D eigenvalue weighted by molar-refractivity contribution is 6.14. The number of phenols is 1. The molecule has 2 N–H and O–H groups in total. The fraction of sp³-hybridized carbons (Fsp3) is 0.160. The number of imidazole rings is 1. The van der Waals surface area contributed by atoms with E-state index in [9.17, 15) is 19.8 Å². The molecule has 32 heavy (non-hydrogen) atoms. The molecule has 3 aromatic rings. The van der Waals surface area contributed by atoms with Gasteiger partial charge in [0, 0.05) is 25.5 Å². The highest BCUT2D eigenvalue weighted by Crippen LogP contribution is 2.39. The van der Waals surface area contributed by atoms with Crippen LogP contribution in [0, 0.1) is 0 Å². The zero-order valence-corrected chi connectivity index (χ0v) is 17.3. The summed E-state index contributed by atoms with van der Waals surface area (Å²) in [5.74, 6) is -1.58. The summed E-state index contributed by atoms with van der Waals surface area (Å²) in [6.45, 7) is 0.953. The SMILES string of the molecule is O=C(C=Cc1ccccc1)C1=C(O)C(=O)N(CCCn2ccnc2)C1c1cccc(O)c1. The molecule has 7 nitrogen and oxygen atoms in total. The van der Waals surface area contributed by atoms with E-state index in [0.717, 1.165) is 5.56 Å². The predicted molar refractivity (Wildman–Crippen MR) is 120 cm³/mol. The molecule has 0 aliphatic carbocycles. The average Bonchev–Trinajstić information content (AvgIpc) is 3.40. The first-order valence-electron chi connectivity index (χ1n) is 10.3. The monoisotopic (exact) mass is 429 g/mol. The molecular weight excluding hydrogens is 406 g/mol. The first-order valence-corrected chi connectivity index (χ1v) is 10.3. The van der Waals surface area contributed by atoms with E-state index in [4.69, 9.17) is 0 Å². The fourth-order valence-corrected chi connectivity index (χ4v) is 3.85. The molecule has 4 rings (SSSR count). The van der Waals surface area contributed by atoms with Crippen molar-refractivity contribution in [2.24, 2.45) is 0 Å². The summed E-state index contributed by atoms with van der Waals surface area (Å²) in [7, 11) is 0. The third-order valence-corrected chi connectivity index (χ3v) is 5.36. The minimum absolute atomic E-state index is 0.00964. The number of aliphatic hydroxyl groups is 1. The first-order chi connectivity index (χ1) is 15.5. The number of carbonyl (C=O) groups is 2. The van der Waals surface area contributed by atoms with Crippen LogP contribution in [-0.4, -0.2) is 42.9 Å². The number of aromatic hydroxyl groups is 1. The Kier molecular flexibility index (Phi) is 6.17. The van der Waals surface area contributed by atoms with Crippen LogP contribution in [0.25, 0.3) is 6.08 Å². The van der Waals surface area contributed by atoms with Gasteiger partial charge in [0.25, 0.3) is 5.91 Å². The predicted octanol–water partition coefficient (Wildman–Crippen LogP) is 3.66. The second-order valence-electron chi connectivity index (χ2n) is 7.52. The van der Waals surface area contributed by atoms with Crippen molar-refractivity contribution in [2.45, 2.75) is 19.0 Å². The van der Waals surface area contributed by atoms with Crippen LogP contribution in [0.3, 0.4) is 0 Å². The van der Waals surface area contributed by atoms with Crippen molar-refractivity contribution in [1.29, 1.82) is 0 Å². The molecule has 1 aromatic heterocycles. The van der Waals surface area contributed by atoms with E-state index < -0.39 is 23.5 Å². The lowest BCUT2D eigenvalue weighted by Gasteiger charge is -2.26. The number of hydrogen-bond acceptors (Lipinski definition) is 5. The zero-order chi connectivity index (χ0) is 22.5. The van der Waals surface area contributed by atoms with Crippen LogP contribution in [0.15, 0.2) is 90.7 Å². The van der Waals surface area contributed by atoms with Crippen molar-refractivity contribution in [2.75, 3.05) is 6.54 Å². The maximum atomic E-state index is 13.1. The largest absolute Gasteiger partial charge is 0.508 e. The third kappa shape index (κ3) is 4.46. The van der Waals surface area contributed by atoms with Gasteiger partial charge in [-0.15, -0.1) is 0 Å². The van der Waals surface area contributed by atoms with Gasteiger partial charge in [0.2, 0.25) is 0 Å². The number of phenolic OH excluding ortho intramolecular Hbond substituents is 1. The van der Waals surface area contributed by atoms with Crippen molar-refractivity contribution in [3.63, 3.8) is 0 Å². The van der Waals surface area contributed by atoms with E-state index in [-0.39, 0.29) is 11.3 Å². The average molecular weight is 429 g/mol. The summed E-state index contributed by atoms with van der Waals surface area (Å²) in [5.41, 5.74) is 1.40. The minimum Gasteiger partial charge on any atom is -0.508 e. The molecular formula is C25H23N3O4. The van der Waals surface area contributed by atoms with E-state index >= 15 is 0 Å². The summed E-state index contributed by atoms with van der Waals surface area (Å²) in [6.07, 6.45) is 8.81. The molecule has 0 saturated heterocycles. The van der Waals surface area contributed by atoms with Gasteiger partial charge in [0.1, 0.15) is 5.75 Å². The van der Waals surface area contributed by atoms with Gasteiger partial charge in [-0.3, -0.25) is 9.59 Å². The molecule has 0 fully saturated rings. The fourth-order valence-electron chi connectivity index (χ4n) is 3.85.